The minimum atomic E-state index is -0.557. The van der Waals surface area contributed by atoms with Crippen LogP contribution in [0.4, 0.5) is 4.39 Å². The minimum Gasteiger partial charge on any atom is -0.288 e. The van der Waals surface area contributed by atoms with Crippen LogP contribution in [-0.4, -0.2) is 5.78 Å². The molecule has 0 atom stereocenters. The van der Waals surface area contributed by atoms with E-state index in [0.29, 0.717) is 13.7 Å². The molecule has 6 heteroatoms. The Balaban J connectivity index is 2.47. The van der Waals surface area contributed by atoms with Crippen molar-refractivity contribution in [1.29, 1.82) is 0 Å². The number of carbonyl (C=O) groups excluding carboxylic acids is 1. The van der Waals surface area contributed by atoms with Crippen molar-refractivity contribution in [2.75, 3.05) is 0 Å². The standard InChI is InChI=1S/C11H4Br2ClFOS/c12-6-3-1-2-5(9(6)15)10(16)8-4-7(14)11(13)17-8/h1-4H. The molecule has 0 bridgehead atoms. The van der Waals surface area contributed by atoms with Gasteiger partial charge in [0.25, 0.3) is 0 Å². The largest absolute Gasteiger partial charge is 0.288 e. The predicted molar refractivity (Wildman–Crippen MR) is 74.6 cm³/mol. The highest BCUT2D eigenvalue weighted by Gasteiger charge is 2.18. The zero-order valence-electron chi connectivity index (χ0n) is 8.14. The lowest BCUT2D eigenvalue weighted by Gasteiger charge is -2.01. The molecule has 17 heavy (non-hydrogen) atoms. The van der Waals surface area contributed by atoms with Crippen LogP contribution in [0.1, 0.15) is 15.2 Å². The Labute approximate surface area is 123 Å². The molecule has 0 spiro atoms. The molecule has 88 valence electrons. The SMILES string of the molecule is O=C(c1cc(Cl)c(Br)s1)c1cccc(Br)c1F. The monoisotopic (exact) mass is 396 g/mol. The number of carbonyl (C=O) groups is 1. The van der Waals surface area contributed by atoms with E-state index < -0.39 is 5.82 Å². The molecule has 1 nitrogen and oxygen atoms in total. The molecule has 0 aliphatic heterocycles. The van der Waals surface area contributed by atoms with Crippen molar-refractivity contribution in [2.24, 2.45) is 0 Å². The van der Waals surface area contributed by atoms with Gasteiger partial charge in [-0.15, -0.1) is 11.3 Å². The summed E-state index contributed by atoms with van der Waals surface area (Å²) in [6.07, 6.45) is 0. The van der Waals surface area contributed by atoms with E-state index >= 15 is 0 Å². The number of hydrogen-bond acceptors (Lipinski definition) is 2. The first-order valence-corrected chi connectivity index (χ1v) is 7.22. The molecule has 0 radical (unpaired) electrons. The van der Waals surface area contributed by atoms with Gasteiger partial charge in [0.2, 0.25) is 5.78 Å². The summed E-state index contributed by atoms with van der Waals surface area (Å²) in [5.74, 6) is -0.931. The fourth-order valence-corrected chi connectivity index (χ4v) is 3.29. The number of rotatable bonds is 2. The van der Waals surface area contributed by atoms with Crippen molar-refractivity contribution in [3.63, 3.8) is 0 Å². The molecule has 2 rings (SSSR count). The van der Waals surface area contributed by atoms with Gasteiger partial charge in [0, 0.05) is 0 Å². The van der Waals surface area contributed by atoms with E-state index in [1.165, 1.54) is 23.5 Å². The Kier molecular flexibility index (Phi) is 4.02. The fourth-order valence-electron chi connectivity index (χ4n) is 1.27. The number of ketones is 1. The molecule has 0 aliphatic carbocycles. The molecule has 0 N–H and O–H groups in total. The van der Waals surface area contributed by atoms with E-state index in [4.69, 9.17) is 11.6 Å². The molecule has 0 saturated carbocycles. The molecule has 0 amide bonds. The normalized spacial score (nSPS) is 10.6. The summed E-state index contributed by atoms with van der Waals surface area (Å²) in [6.45, 7) is 0. The van der Waals surface area contributed by atoms with Crippen LogP contribution in [0.5, 0.6) is 0 Å². The first kappa shape index (κ1) is 13.2. The molecule has 1 aromatic carbocycles. The lowest BCUT2D eigenvalue weighted by Crippen LogP contribution is -2.02. The average Bonchev–Trinajstić information content (AvgIpc) is 2.62. The zero-order valence-corrected chi connectivity index (χ0v) is 12.9. The van der Waals surface area contributed by atoms with Gasteiger partial charge in [-0.3, -0.25) is 4.79 Å². The zero-order chi connectivity index (χ0) is 12.6. The van der Waals surface area contributed by atoms with E-state index in [0.717, 1.165) is 0 Å². The van der Waals surface area contributed by atoms with Gasteiger partial charge in [-0.1, -0.05) is 17.7 Å². The van der Waals surface area contributed by atoms with Crippen molar-refractivity contribution >= 4 is 60.6 Å². The van der Waals surface area contributed by atoms with E-state index in [-0.39, 0.29) is 15.8 Å². The Morgan fingerprint density at radius 2 is 2.06 bits per heavy atom. The summed E-state index contributed by atoms with van der Waals surface area (Å²) >= 11 is 13.3. The summed E-state index contributed by atoms with van der Waals surface area (Å²) in [5.41, 5.74) is 0.0322. The van der Waals surface area contributed by atoms with Gasteiger partial charge >= 0.3 is 0 Å². The maximum Gasteiger partial charge on any atom is 0.206 e. The first-order chi connectivity index (χ1) is 8.00. The minimum absolute atomic E-state index is 0.0322. The van der Waals surface area contributed by atoms with Gasteiger partial charge in [0.05, 0.1) is 23.7 Å². The smallest absolute Gasteiger partial charge is 0.206 e. The van der Waals surface area contributed by atoms with Gasteiger partial charge in [0.1, 0.15) is 5.82 Å². The van der Waals surface area contributed by atoms with Crippen molar-refractivity contribution in [3.8, 4) is 0 Å². The Morgan fingerprint density at radius 3 is 2.65 bits per heavy atom. The summed E-state index contributed by atoms with van der Waals surface area (Å²) in [7, 11) is 0. The van der Waals surface area contributed by atoms with Gasteiger partial charge in [-0.25, -0.2) is 4.39 Å². The van der Waals surface area contributed by atoms with E-state index in [1.54, 1.807) is 12.1 Å². The van der Waals surface area contributed by atoms with Crippen LogP contribution >= 0.6 is 54.8 Å². The second kappa shape index (κ2) is 5.18. The summed E-state index contributed by atoms with van der Waals surface area (Å²) in [4.78, 5) is 12.5. The van der Waals surface area contributed by atoms with E-state index in [2.05, 4.69) is 31.9 Å². The van der Waals surface area contributed by atoms with Crippen molar-refractivity contribution in [1.82, 2.24) is 0 Å². The summed E-state index contributed by atoms with van der Waals surface area (Å²) in [6, 6.07) is 6.14. The van der Waals surface area contributed by atoms with E-state index in [9.17, 15) is 9.18 Å². The molecule has 2 aromatic rings. The van der Waals surface area contributed by atoms with Gasteiger partial charge in [-0.05, 0) is 50.1 Å². The van der Waals surface area contributed by atoms with Crippen LogP contribution in [-0.2, 0) is 0 Å². The first-order valence-electron chi connectivity index (χ1n) is 4.44. The fraction of sp³-hybridized carbons (Fsp3) is 0. The number of benzene rings is 1. The van der Waals surface area contributed by atoms with Crippen LogP contribution in [0.3, 0.4) is 0 Å². The average molecular weight is 398 g/mol. The van der Waals surface area contributed by atoms with Crippen molar-refractivity contribution in [3.05, 3.63) is 53.8 Å². The predicted octanol–water partition coefficient (Wildman–Crippen LogP) is 5.30. The van der Waals surface area contributed by atoms with Crippen molar-refractivity contribution < 1.29 is 9.18 Å². The van der Waals surface area contributed by atoms with Crippen LogP contribution < -0.4 is 0 Å². The van der Waals surface area contributed by atoms with Crippen molar-refractivity contribution in [2.45, 2.75) is 0 Å². The Hall–Kier alpha value is -0.230. The third-order valence-corrected chi connectivity index (χ3v) is 5.15. The topological polar surface area (TPSA) is 17.1 Å². The third-order valence-electron chi connectivity index (χ3n) is 2.07. The van der Waals surface area contributed by atoms with E-state index in [1.807, 2.05) is 0 Å². The highest BCUT2D eigenvalue weighted by atomic mass is 79.9. The Bertz CT molecular complexity index is 578. The molecule has 1 heterocycles. The van der Waals surface area contributed by atoms with Gasteiger partial charge in [0.15, 0.2) is 0 Å². The van der Waals surface area contributed by atoms with Crippen LogP contribution in [0.15, 0.2) is 32.5 Å². The number of thiophene rings is 1. The molecular formula is C11H4Br2ClFOS. The molecule has 0 saturated heterocycles. The van der Waals surface area contributed by atoms with Gasteiger partial charge in [-0.2, -0.15) is 0 Å². The second-order valence-electron chi connectivity index (χ2n) is 3.16. The quantitative estimate of drug-likeness (QED) is 0.628. The van der Waals surface area contributed by atoms with Crippen LogP contribution in [0.25, 0.3) is 0 Å². The maximum absolute atomic E-state index is 13.7. The number of hydrogen-bond donors (Lipinski definition) is 0. The molecule has 1 aromatic heterocycles. The number of halogens is 4. The lowest BCUT2D eigenvalue weighted by molar-refractivity contribution is 0.103. The van der Waals surface area contributed by atoms with Gasteiger partial charge < -0.3 is 0 Å². The van der Waals surface area contributed by atoms with Crippen LogP contribution in [0, 0.1) is 5.82 Å². The highest BCUT2D eigenvalue weighted by Crippen LogP contribution is 2.33. The third kappa shape index (κ3) is 2.62. The lowest BCUT2D eigenvalue weighted by atomic mass is 10.1. The van der Waals surface area contributed by atoms with Crippen LogP contribution in [0.2, 0.25) is 5.02 Å². The Morgan fingerprint density at radius 1 is 1.35 bits per heavy atom. The highest BCUT2D eigenvalue weighted by molar-refractivity contribution is 9.11. The summed E-state index contributed by atoms with van der Waals surface area (Å²) < 4.78 is 14.7. The molecule has 0 fully saturated rings. The molecule has 0 aliphatic rings. The maximum atomic E-state index is 13.7. The second-order valence-corrected chi connectivity index (χ2v) is 6.79. The molecular weight excluding hydrogens is 394 g/mol. The molecule has 0 unspecified atom stereocenters. The summed E-state index contributed by atoms with van der Waals surface area (Å²) in [5, 5.41) is 0.453.